The standard InChI is InChI=1S/C11H8BrN5O/c12-6-1-2-8(13)7(5-6)11-16-10(17-18-11)9-14-3-4-15-9/h1-5H,13H2,(H,14,15). The molecule has 3 N–H and O–H groups in total. The van der Waals surface area contributed by atoms with E-state index >= 15 is 0 Å². The van der Waals surface area contributed by atoms with Crippen LogP contribution in [0.15, 0.2) is 39.6 Å². The number of hydrogen-bond donors (Lipinski definition) is 2. The highest BCUT2D eigenvalue weighted by Crippen LogP contribution is 2.28. The van der Waals surface area contributed by atoms with Crippen molar-refractivity contribution in [2.24, 2.45) is 0 Å². The van der Waals surface area contributed by atoms with Crippen molar-refractivity contribution in [3.63, 3.8) is 0 Å². The van der Waals surface area contributed by atoms with E-state index in [0.29, 0.717) is 28.8 Å². The number of nitrogen functional groups attached to an aromatic ring is 1. The Labute approximate surface area is 110 Å². The van der Waals surface area contributed by atoms with Crippen LogP contribution in [0.25, 0.3) is 23.1 Å². The molecule has 0 spiro atoms. The van der Waals surface area contributed by atoms with Gasteiger partial charge >= 0.3 is 0 Å². The molecule has 0 radical (unpaired) electrons. The predicted octanol–water partition coefficient (Wildman–Crippen LogP) is 2.47. The van der Waals surface area contributed by atoms with E-state index < -0.39 is 0 Å². The summed E-state index contributed by atoms with van der Waals surface area (Å²) in [5, 5.41) is 3.86. The summed E-state index contributed by atoms with van der Waals surface area (Å²) in [7, 11) is 0. The number of H-pyrrole nitrogens is 1. The van der Waals surface area contributed by atoms with Crippen LogP contribution in [-0.4, -0.2) is 20.1 Å². The quantitative estimate of drug-likeness (QED) is 0.709. The molecule has 6 nitrogen and oxygen atoms in total. The number of imidazole rings is 1. The number of aromatic amines is 1. The van der Waals surface area contributed by atoms with Crippen LogP contribution in [0.5, 0.6) is 0 Å². The van der Waals surface area contributed by atoms with Crippen LogP contribution in [0.3, 0.4) is 0 Å². The Kier molecular flexibility index (Phi) is 2.60. The van der Waals surface area contributed by atoms with Gasteiger partial charge in [0, 0.05) is 22.6 Å². The van der Waals surface area contributed by atoms with Gasteiger partial charge < -0.3 is 15.2 Å². The second-order valence-corrected chi connectivity index (χ2v) is 4.51. The molecule has 0 aliphatic heterocycles. The topological polar surface area (TPSA) is 93.6 Å². The zero-order valence-electron chi connectivity index (χ0n) is 9.09. The lowest BCUT2D eigenvalue weighted by atomic mass is 10.2. The maximum atomic E-state index is 5.88. The molecule has 7 heteroatoms. The Morgan fingerprint density at radius 3 is 3.00 bits per heavy atom. The molecule has 2 aromatic heterocycles. The predicted molar refractivity (Wildman–Crippen MR) is 69.4 cm³/mol. The first kappa shape index (κ1) is 11.0. The Hall–Kier alpha value is -2.15. The van der Waals surface area contributed by atoms with Crippen molar-refractivity contribution in [1.29, 1.82) is 0 Å². The molecule has 3 aromatic rings. The van der Waals surface area contributed by atoms with Crippen molar-refractivity contribution in [1.82, 2.24) is 20.1 Å². The number of rotatable bonds is 2. The zero-order valence-corrected chi connectivity index (χ0v) is 10.7. The molecule has 90 valence electrons. The molecule has 0 fully saturated rings. The average Bonchev–Trinajstić information content (AvgIpc) is 3.00. The molecule has 3 rings (SSSR count). The summed E-state index contributed by atoms with van der Waals surface area (Å²) in [5.74, 6) is 1.31. The van der Waals surface area contributed by atoms with Crippen LogP contribution in [0, 0.1) is 0 Å². The van der Waals surface area contributed by atoms with Crippen molar-refractivity contribution < 1.29 is 4.52 Å². The second-order valence-electron chi connectivity index (χ2n) is 3.59. The maximum absolute atomic E-state index is 5.88. The second kappa shape index (κ2) is 4.26. The number of nitrogens with one attached hydrogen (secondary N) is 1. The van der Waals surface area contributed by atoms with Crippen LogP contribution < -0.4 is 5.73 Å². The van der Waals surface area contributed by atoms with Crippen LogP contribution in [0.4, 0.5) is 5.69 Å². The minimum Gasteiger partial charge on any atom is -0.398 e. The normalized spacial score (nSPS) is 10.7. The number of hydrogen-bond acceptors (Lipinski definition) is 5. The molecule has 0 unspecified atom stereocenters. The number of aromatic nitrogens is 4. The smallest absolute Gasteiger partial charge is 0.260 e. The molecule has 0 atom stereocenters. The van der Waals surface area contributed by atoms with Gasteiger partial charge in [-0.1, -0.05) is 21.1 Å². The van der Waals surface area contributed by atoms with Gasteiger partial charge in [-0.15, -0.1) is 0 Å². The first-order chi connectivity index (χ1) is 8.74. The zero-order chi connectivity index (χ0) is 12.5. The average molecular weight is 306 g/mol. The van der Waals surface area contributed by atoms with Crippen molar-refractivity contribution in [3.05, 3.63) is 35.1 Å². The van der Waals surface area contributed by atoms with Gasteiger partial charge in [0.1, 0.15) is 0 Å². The third-order valence-corrected chi connectivity index (χ3v) is 2.88. The van der Waals surface area contributed by atoms with E-state index in [2.05, 4.69) is 36.0 Å². The Morgan fingerprint density at radius 2 is 2.22 bits per heavy atom. The molecule has 1 aromatic carbocycles. The molecular formula is C11H8BrN5O. The number of nitrogens with zero attached hydrogens (tertiary/aromatic N) is 3. The van der Waals surface area contributed by atoms with E-state index in [1.165, 1.54) is 0 Å². The summed E-state index contributed by atoms with van der Waals surface area (Å²) in [5.41, 5.74) is 7.14. The first-order valence-corrected chi connectivity index (χ1v) is 5.92. The molecule has 0 saturated heterocycles. The lowest BCUT2D eigenvalue weighted by Crippen LogP contribution is -1.90. The van der Waals surface area contributed by atoms with Crippen molar-refractivity contribution in [2.45, 2.75) is 0 Å². The summed E-state index contributed by atoms with van der Waals surface area (Å²) >= 11 is 3.38. The lowest BCUT2D eigenvalue weighted by Gasteiger charge is -2.00. The van der Waals surface area contributed by atoms with Crippen molar-refractivity contribution in [2.75, 3.05) is 5.73 Å². The third kappa shape index (κ3) is 1.88. The molecule has 0 amide bonds. The first-order valence-electron chi connectivity index (χ1n) is 5.13. The van der Waals surface area contributed by atoms with Gasteiger partial charge in [-0.25, -0.2) is 4.98 Å². The van der Waals surface area contributed by atoms with Gasteiger partial charge in [-0.3, -0.25) is 0 Å². The van der Waals surface area contributed by atoms with Gasteiger partial charge in [0.05, 0.1) is 5.56 Å². The molecule has 0 aliphatic rings. The van der Waals surface area contributed by atoms with Crippen molar-refractivity contribution in [3.8, 4) is 23.1 Å². The van der Waals surface area contributed by atoms with Crippen LogP contribution in [-0.2, 0) is 0 Å². The fourth-order valence-corrected chi connectivity index (χ4v) is 1.89. The summed E-state index contributed by atoms with van der Waals surface area (Å²) in [6.45, 7) is 0. The monoisotopic (exact) mass is 305 g/mol. The SMILES string of the molecule is Nc1ccc(Br)cc1-c1nc(-c2ncc[nH]2)no1. The number of halogens is 1. The Balaban J connectivity index is 2.05. The van der Waals surface area contributed by atoms with Gasteiger partial charge in [-0.05, 0) is 18.2 Å². The van der Waals surface area contributed by atoms with E-state index in [-0.39, 0.29) is 0 Å². The van der Waals surface area contributed by atoms with E-state index in [9.17, 15) is 0 Å². The fraction of sp³-hybridized carbons (Fsp3) is 0. The van der Waals surface area contributed by atoms with Gasteiger partial charge in [-0.2, -0.15) is 4.98 Å². The van der Waals surface area contributed by atoms with E-state index in [1.54, 1.807) is 18.5 Å². The van der Waals surface area contributed by atoms with E-state index in [1.807, 2.05) is 12.1 Å². The highest BCUT2D eigenvalue weighted by Gasteiger charge is 2.14. The minimum atomic E-state index is 0.361. The maximum Gasteiger partial charge on any atom is 0.260 e. The summed E-state index contributed by atoms with van der Waals surface area (Å²) < 4.78 is 6.08. The van der Waals surface area contributed by atoms with Crippen LogP contribution in [0.1, 0.15) is 0 Å². The number of nitrogens with two attached hydrogens (primary N) is 1. The van der Waals surface area contributed by atoms with Gasteiger partial charge in [0.25, 0.3) is 5.89 Å². The highest BCUT2D eigenvalue weighted by molar-refractivity contribution is 9.10. The molecular weight excluding hydrogens is 298 g/mol. The van der Waals surface area contributed by atoms with E-state index in [0.717, 1.165) is 4.47 Å². The van der Waals surface area contributed by atoms with E-state index in [4.69, 9.17) is 10.3 Å². The molecule has 2 heterocycles. The molecule has 18 heavy (non-hydrogen) atoms. The molecule has 0 aliphatic carbocycles. The Morgan fingerprint density at radius 1 is 1.33 bits per heavy atom. The number of benzene rings is 1. The largest absolute Gasteiger partial charge is 0.398 e. The fourth-order valence-electron chi connectivity index (χ4n) is 1.53. The Bertz CT molecular complexity index is 677. The molecule has 0 saturated carbocycles. The van der Waals surface area contributed by atoms with Crippen LogP contribution >= 0.6 is 15.9 Å². The van der Waals surface area contributed by atoms with Crippen molar-refractivity contribution >= 4 is 21.6 Å². The molecule has 0 bridgehead atoms. The highest BCUT2D eigenvalue weighted by atomic mass is 79.9. The summed E-state index contributed by atoms with van der Waals surface area (Å²) in [6.07, 6.45) is 3.32. The van der Waals surface area contributed by atoms with Gasteiger partial charge in [0.15, 0.2) is 5.82 Å². The summed E-state index contributed by atoms with van der Waals surface area (Å²) in [4.78, 5) is 11.2. The third-order valence-electron chi connectivity index (χ3n) is 2.38. The number of anilines is 1. The van der Waals surface area contributed by atoms with Gasteiger partial charge in [0.2, 0.25) is 5.82 Å². The summed E-state index contributed by atoms with van der Waals surface area (Å²) in [6, 6.07) is 5.45. The minimum absolute atomic E-state index is 0.361. The van der Waals surface area contributed by atoms with Crippen LogP contribution in [0.2, 0.25) is 0 Å². The lowest BCUT2D eigenvalue weighted by molar-refractivity contribution is 0.432.